The first kappa shape index (κ1) is 10.3. The summed E-state index contributed by atoms with van der Waals surface area (Å²) in [6.07, 6.45) is 0. The van der Waals surface area contributed by atoms with E-state index in [1.807, 2.05) is 0 Å². The summed E-state index contributed by atoms with van der Waals surface area (Å²) in [6, 6.07) is 6.68. The van der Waals surface area contributed by atoms with Gasteiger partial charge in [0.15, 0.2) is 0 Å². The highest BCUT2D eigenvalue weighted by atomic mass is 127. The molecule has 16 heavy (non-hydrogen) atoms. The van der Waals surface area contributed by atoms with Crippen LogP contribution in [0.15, 0.2) is 33.5 Å². The van der Waals surface area contributed by atoms with Crippen LogP contribution in [-0.2, 0) is 4.65 Å². The molecular formula is C10H6BIO4. The van der Waals surface area contributed by atoms with Gasteiger partial charge in [0.1, 0.15) is 9.69 Å². The average Bonchev–Trinajstić information content (AvgIpc) is 2.54. The average molecular weight is 328 g/mol. The van der Waals surface area contributed by atoms with Crippen LogP contribution in [0.3, 0.4) is 0 Å². The summed E-state index contributed by atoms with van der Waals surface area (Å²) in [6.45, 7) is 0. The molecule has 4 nitrogen and oxygen atoms in total. The second-order valence-corrected chi connectivity index (χ2v) is 4.68. The van der Waals surface area contributed by atoms with Crippen molar-refractivity contribution in [2.45, 2.75) is 4.11 Å². The van der Waals surface area contributed by atoms with Gasteiger partial charge in [-0.15, -0.1) is 0 Å². The van der Waals surface area contributed by atoms with Crippen molar-refractivity contribution in [1.82, 2.24) is 0 Å². The molecule has 80 valence electrons. The number of fused-ring (bicyclic) bond motifs is 3. The summed E-state index contributed by atoms with van der Waals surface area (Å²) in [5.74, 6) is 0. The van der Waals surface area contributed by atoms with E-state index >= 15 is 0 Å². The minimum atomic E-state index is -0.938. The molecule has 0 aliphatic carbocycles. The van der Waals surface area contributed by atoms with Gasteiger partial charge in [-0.2, -0.15) is 0 Å². The van der Waals surface area contributed by atoms with Gasteiger partial charge in [-0.1, -0.05) is 12.1 Å². The first-order valence-electron chi connectivity index (χ1n) is 4.71. The van der Waals surface area contributed by atoms with E-state index in [-0.39, 0.29) is 4.11 Å². The van der Waals surface area contributed by atoms with Gasteiger partial charge in [0, 0.05) is 17.0 Å². The Morgan fingerprint density at radius 1 is 1.31 bits per heavy atom. The van der Waals surface area contributed by atoms with Crippen molar-refractivity contribution in [1.29, 1.82) is 0 Å². The minimum Gasteiger partial charge on any atom is -0.423 e. The molecule has 1 atom stereocenters. The van der Waals surface area contributed by atoms with Crippen molar-refractivity contribution in [2.24, 2.45) is 0 Å². The van der Waals surface area contributed by atoms with Gasteiger partial charge in [-0.3, -0.25) is 0 Å². The predicted molar refractivity (Wildman–Crippen MR) is 67.9 cm³/mol. The topological polar surface area (TPSA) is 59.7 Å². The van der Waals surface area contributed by atoms with Crippen LogP contribution in [0.4, 0.5) is 0 Å². The lowest BCUT2D eigenvalue weighted by Gasteiger charge is -2.05. The second-order valence-electron chi connectivity index (χ2n) is 3.55. The fourth-order valence-electron chi connectivity index (χ4n) is 1.87. The highest BCUT2D eigenvalue weighted by molar-refractivity contribution is 14.1. The summed E-state index contributed by atoms with van der Waals surface area (Å²) in [5, 5.41) is 10.5. The molecule has 1 unspecified atom stereocenters. The first-order valence-corrected chi connectivity index (χ1v) is 5.95. The Bertz CT molecular complexity index is 624. The van der Waals surface area contributed by atoms with E-state index in [1.54, 1.807) is 18.2 Å². The Morgan fingerprint density at radius 3 is 2.88 bits per heavy atom. The largest absolute Gasteiger partial charge is 0.492 e. The summed E-state index contributed by atoms with van der Waals surface area (Å²) in [4.78, 5) is 11.2. The monoisotopic (exact) mass is 328 g/mol. The zero-order valence-corrected chi connectivity index (χ0v) is 10.2. The second kappa shape index (κ2) is 3.58. The van der Waals surface area contributed by atoms with E-state index in [0.29, 0.717) is 11.0 Å². The molecule has 1 aliphatic heterocycles. The van der Waals surface area contributed by atoms with Gasteiger partial charge >= 0.3 is 12.7 Å². The van der Waals surface area contributed by atoms with Gasteiger partial charge in [0.05, 0.1) is 0 Å². The predicted octanol–water partition coefficient (Wildman–Crippen LogP) is 0.944. The normalized spacial score (nSPS) is 19.1. The van der Waals surface area contributed by atoms with E-state index in [0.717, 1.165) is 10.9 Å². The lowest BCUT2D eigenvalue weighted by molar-refractivity contribution is 0.278. The summed E-state index contributed by atoms with van der Waals surface area (Å²) in [5.41, 5.74) is 1.52. The highest BCUT2D eigenvalue weighted by Crippen LogP contribution is 2.34. The lowest BCUT2D eigenvalue weighted by atomic mass is 9.79. The number of alkyl halides is 1. The Morgan fingerprint density at radius 2 is 2.06 bits per heavy atom. The summed E-state index contributed by atoms with van der Waals surface area (Å²) < 4.78 is 10.1. The molecule has 1 N–H and O–H groups in total. The number of hydrogen-bond acceptors (Lipinski definition) is 4. The quantitative estimate of drug-likeness (QED) is 0.339. The van der Waals surface area contributed by atoms with Crippen LogP contribution in [0, 0.1) is 0 Å². The third-order valence-corrected chi connectivity index (χ3v) is 3.52. The van der Waals surface area contributed by atoms with Crippen LogP contribution in [0.2, 0.25) is 0 Å². The van der Waals surface area contributed by atoms with E-state index < -0.39 is 12.7 Å². The van der Waals surface area contributed by atoms with Crippen LogP contribution in [0.25, 0.3) is 11.0 Å². The SMILES string of the molecule is O=c1ccc2ccc3c(c2o1)C(I)OB3O. The number of rotatable bonds is 0. The molecule has 0 amide bonds. The molecule has 2 heterocycles. The fourth-order valence-corrected chi connectivity index (χ4v) is 2.79. The van der Waals surface area contributed by atoms with Crippen molar-refractivity contribution >= 4 is 46.1 Å². The fraction of sp³-hybridized carbons (Fsp3) is 0.100. The van der Waals surface area contributed by atoms with Crippen molar-refractivity contribution in [3.63, 3.8) is 0 Å². The molecule has 6 heteroatoms. The molecule has 0 radical (unpaired) electrons. The van der Waals surface area contributed by atoms with Crippen molar-refractivity contribution in [3.8, 4) is 0 Å². The summed E-state index contributed by atoms with van der Waals surface area (Å²) >= 11 is 2.05. The highest BCUT2D eigenvalue weighted by Gasteiger charge is 2.35. The third kappa shape index (κ3) is 1.41. The molecular weight excluding hydrogens is 322 g/mol. The maximum Gasteiger partial charge on any atom is 0.492 e. The number of benzene rings is 1. The Labute approximate surface area is 105 Å². The molecule has 1 aliphatic rings. The molecule has 0 fully saturated rings. The zero-order valence-electron chi connectivity index (χ0n) is 8.01. The maximum absolute atomic E-state index is 11.2. The Balaban J connectivity index is 2.43. The lowest BCUT2D eigenvalue weighted by Crippen LogP contribution is -2.27. The van der Waals surface area contributed by atoms with Crippen LogP contribution in [0.1, 0.15) is 9.67 Å². The standard InChI is InChI=1S/C10H6BIO4/c12-10-8-6(11(14)16-10)3-1-5-2-4-7(13)15-9(5)8/h1-4,10,14H. The van der Waals surface area contributed by atoms with Crippen LogP contribution in [0.5, 0.6) is 0 Å². The first-order chi connectivity index (χ1) is 7.66. The zero-order chi connectivity index (χ0) is 11.3. The van der Waals surface area contributed by atoms with Gasteiger partial charge in [0.2, 0.25) is 0 Å². The molecule has 2 aromatic rings. The van der Waals surface area contributed by atoms with E-state index in [2.05, 4.69) is 22.6 Å². The molecule has 0 saturated heterocycles. The van der Waals surface area contributed by atoms with Gasteiger partial charge < -0.3 is 14.1 Å². The van der Waals surface area contributed by atoms with Crippen LogP contribution >= 0.6 is 22.6 Å². The Hall–Kier alpha value is -0.855. The number of halogens is 1. The van der Waals surface area contributed by atoms with E-state index in [4.69, 9.17) is 9.07 Å². The van der Waals surface area contributed by atoms with Crippen molar-refractivity contribution in [2.75, 3.05) is 0 Å². The molecule has 1 aromatic heterocycles. The minimum absolute atomic E-state index is 0.295. The van der Waals surface area contributed by atoms with E-state index in [9.17, 15) is 9.82 Å². The molecule has 1 aromatic carbocycles. The van der Waals surface area contributed by atoms with Gasteiger partial charge in [-0.25, -0.2) is 4.79 Å². The van der Waals surface area contributed by atoms with Crippen molar-refractivity contribution < 1.29 is 14.1 Å². The maximum atomic E-state index is 11.2. The Kier molecular flexibility index (Phi) is 2.30. The smallest absolute Gasteiger partial charge is 0.423 e. The van der Waals surface area contributed by atoms with Gasteiger partial charge in [0.25, 0.3) is 0 Å². The van der Waals surface area contributed by atoms with Crippen LogP contribution < -0.4 is 11.1 Å². The number of hydrogen-bond donors (Lipinski definition) is 1. The molecule has 3 rings (SSSR count). The molecule has 0 saturated carbocycles. The van der Waals surface area contributed by atoms with E-state index in [1.165, 1.54) is 6.07 Å². The summed E-state index contributed by atoms with van der Waals surface area (Å²) in [7, 11) is -0.938. The van der Waals surface area contributed by atoms with Gasteiger partial charge in [-0.05, 0) is 34.1 Å². The third-order valence-electron chi connectivity index (χ3n) is 2.60. The molecule has 0 spiro atoms. The van der Waals surface area contributed by atoms with Crippen LogP contribution in [-0.4, -0.2) is 12.1 Å². The molecule has 0 bridgehead atoms. The van der Waals surface area contributed by atoms with Crippen molar-refractivity contribution in [3.05, 3.63) is 40.2 Å².